The maximum atomic E-state index is 13.4. The van der Waals surface area contributed by atoms with Crippen molar-refractivity contribution in [3.8, 4) is 5.82 Å². The van der Waals surface area contributed by atoms with Gasteiger partial charge in [-0.3, -0.25) is 4.79 Å². The third-order valence-corrected chi connectivity index (χ3v) is 6.18. The molecule has 1 amide bonds. The van der Waals surface area contributed by atoms with Crippen LogP contribution in [0.2, 0.25) is 0 Å². The van der Waals surface area contributed by atoms with E-state index in [0.717, 1.165) is 30.4 Å². The van der Waals surface area contributed by atoms with E-state index in [-0.39, 0.29) is 17.6 Å². The summed E-state index contributed by atoms with van der Waals surface area (Å²) in [6.45, 7) is 6.51. The number of halogens is 3. The van der Waals surface area contributed by atoms with Crippen molar-refractivity contribution < 1.29 is 18.0 Å². The Hall–Kier alpha value is -2.95. The predicted molar refractivity (Wildman–Crippen MR) is 115 cm³/mol. The highest BCUT2D eigenvalue weighted by Gasteiger charge is 2.31. The molecule has 32 heavy (non-hydrogen) atoms. The highest BCUT2D eigenvalue weighted by Crippen LogP contribution is 2.30. The summed E-state index contributed by atoms with van der Waals surface area (Å²) in [7, 11) is 0. The summed E-state index contributed by atoms with van der Waals surface area (Å²) < 4.78 is 40.1. The molecular weight excluding hydrogens is 441 g/mol. The average molecular weight is 465 g/mol. The highest BCUT2D eigenvalue weighted by molar-refractivity contribution is 7.13. The van der Waals surface area contributed by atoms with E-state index in [1.54, 1.807) is 22.4 Å². The van der Waals surface area contributed by atoms with Gasteiger partial charge in [0.2, 0.25) is 0 Å². The summed E-state index contributed by atoms with van der Waals surface area (Å²) in [6.07, 6.45) is 0.394. The molecule has 1 fully saturated rings. The second-order valence-electron chi connectivity index (χ2n) is 7.86. The molecule has 0 aliphatic carbocycles. The van der Waals surface area contributed by atoms with Crippen LogP contribution in [0.4, 0.5) is 18.3 Å². The number of thiazole rings is 1. The van der Waals surface area contributed by atoms with Crippen LogP contribution in [0.1, 0.15) is 47.8 Å². The van der Waals surface area contributed by atoms with Crippen LogP contribution in [0.15, 0.2) is 36.1 Å². The second kappa shape index (κ2) is 8.89. The van der Waals surface area contributed by atoms with Gasteiger partial charge in [-0.1, -0.05) is 13.8 Å². The van der Waals surface area contributed by atoms with Gasteiger partial charge in [-0.2, -0.15) is 18.3 Å². The van der Waals surface area contributed by atoms with Gasteiger partial charge in [0.05, 0.1) is 23.0 Å². The van der Waals surface area contributed by atoms with E-state index in [9.17, 15) is 18.0 Å². The average Bonchev–Trinajstić information content (AvgIpc) is 3.38. The van der Waals surface area contributed by atoms with Crippen molar-refractivity contribution in [2.75, 3.05) is 31.1 Å². The Morgan fingerprint density at radius 1 is 1.09 bits per heavy atom. The number of carbonyl (C=O) groups is 1. The molecule has 0 radical (unpaired) electrons. The monoisotopic (exact) mass is 464 g/mol. The van der Waals surface area contributed by atoms with E-state index in [1.807, 2.05) is 19.2 Å². The molecule has 170 valence electrons. The van der Waals surface area contributed by atoms with E-state index in [2.05, 4.69) is 20.0 Å². The normalized spacial score (nSPS) is 15.3. The quantitative estimate of drug-likeness (QED) is 0.579. The van der Waals surface area contributed by atoms with Crippen LogP contribution in [-0.4, -0.2) is 56.7 Å². The number of nitrogens with zero attached hydrogens (tertiary/aromatic N) is 6. The summed E-state index contributed by atoms with van der Waals surface area (Å²) >= 11 is 1.58. The Bertz CT molecular complexity index is 1060. The molecular formula is C21H23F3N6OS. The maximum Gasteiger partial charge on any atom is 0.417 e. The molecule has 7 nitrogen and oxygen atoms in total. The number of carbonyl (C=O) groups excluding carboxylic acids is 1. The number of rotatable bonds is 4. The second-order valence-corrected chi connectivity index (χ2v) is 8.73. The smallest absolute Gasteiger partial charge is 0.346 e. The fourth-order valence-corrected chi connectivity index (χ4v) is 4.49. The molecule has 1 aliphatic heterocycles. The van der Waals surface area contributed by atoms with Gasteiger partial charge in [0.25, 0.3) is 5.91 Å². The van der Waals surface area contributed by atoms with Gasteiger partial charge in [-0.25, -0.2) is 14.6 Å². The van der Waals surface area contributed by atoms with Gasteiger partial charge in [-0.15, -0.1) is 11.3 Å². The molecule has 11 heteroatoms. The molecule has 0 unspecified atom stereocenters. The van der Waals surface area contributed by atoms with Gasteiger partial charge >= 0.3 is 6.18 Å². The number of alkyl halides is 3. The first-order valence-corrected chi connectivity index (χ1v) is 11.2. The predicted octanol–water partition coefficient (Wildman–Crippen LogP) is 4.22. The lowest BCUT2D eigenvalue weighted by Crippen LogP contribution is -2.35. The fraction of sp³-hybridized carbons (Fsp3) is 0.429. The van der Waals surface area contributed by atoms with Gasteiger partial charge in [0.15, 0.2) is 10.9 Å². The van der Waals surface area contributed by atoms with Gasteiger partial charge in [0.1, 0.15) is 0 Å². The molecule has 0 atom stereocenters. The van der Waals surface area contributed by atoms with Gasteiger partial charge in [-0.05, 0) is 24.5 Å². The molecule has 1 saturated heterocycles. The lowest BCUT2D eigenvalue weighted by atomic mass is 10.0. The Morgan fingerprint density at radius 3 is 2.53 bits per heavy atom. The Labute approximate surface area is 187 Å². The van der Waals surface area contributed by atoms with Crippen LogP contribution >= 0.6 is 11.3 Å². The third kappa shape index (κ3) is 4.47. The maximum absolute atomic E-state index is 13.4. The van der Waals surface area contributed by atoms with Crippen molar-refractivity contribution in [3.05, 3.63) is 52.9 Å². The largest absolute Gasteiger partial charge is 0.417 e. The van der Waals surface area contributed by atoms with Crippen molar-refractivity contribution in [1.82, 2.24) is 24.6 Å². The first kappa shape index (κ1) is 22.3. The number of hydrogen-bond donors (Lipinski definition) is 0. The molecule has 4 rings (SSSR count). The van der Waals surface area contributed by atoms with Crippen LogP contribution in [-0.2, 0) is 6.18 Å². The molecule has 4 heterocycles. The molecule has 0 aromatic carbocycles. The zero-order valence-electron chi connectivity index (χ0n) is 17.7. The topological polar surface area (TPSA) is 67.2 Å². The third-order valence-electron chi connectivity index (χ3n) is 5.35. The molecule has 0 spiro atoms. The zero-order chi connectivity index (χ0) is 22.9. The number of pyridine rings is 1. The van der Waals surface area contributed by atoms with Crippen LogP contribution in [0, 0.1) is 0 Å². The Kier molecular flexibility index (Phi) is 6.18. The van der Waals surface area contributed by atoms with Crippen molar-refractivity contribution >= 4 is 22.4 Å². The molecule has 0 N–H and O–H groups in total. The van der Waals surface area contributed by atoms with E-state index in [0.29, 0.717) is 30.9 Å². The van der Waals surface area contributed by atoms with Crippen LogP contribution in [0.5, 0.6) is 0 Å². The van der Waals surface area contributed by atoms with Crippen molar-refractivity contribution in [3.63, 3.8) is 0 Å². The summed E-state index contributed by atoms with van der Waals surface area (Å²) in [4.78, 5) is 25.7. The number of hydrogen-bond acceptors (Lipinski definition) is 6. The molecule has 0 bridgehead atoms. The SMILES string of the molecule is CC(C)c1c(C(=O)N2CCCN(c3nccs3)CC2)cnn1-c1ccc(C(F)(F)F)cn1. The van der Waals surface area contributed by atoms with Crippen molar-refractivity contribution in [1.29, 1.82) is 0 Å². The van der Waals surface area contributed by atoms with Crippen LogP contribution in [0.25, 0.3) is 5.82 Å². The van der Waals surface area contributed by atoms with Gasteiger partial charge < -0.3 is 9.80 Å². The first-order chi connectivity index (χ1) is 15.3. The first-order valence-electron chi connectivity index (χ1n) is 10.3. The zero-order valence-corrected chi connectivity index (χ0v) is 18.5. The van der Waals surface area contributed by atoms with Gasteiger partial charge in [0, 0.05) is 44.0 Å². The van der Waals surface area contributed by atoms with E-state index in [1.165, 1.54) is 16.9 Å². The minimum Gasteiger partial charge on any atom is -0.346 e. The molecule has 3 aromatic heterocycles. The Balaban J connectivity index is 1.57. The minimum absolute atomic E-state index is 0.0839. The van der Waals surface area contributed by atoms with Crippen molar-refractivity contribution in [2.45, 2.75) is 32.4 Å². The lowest BCUT2D eigenvalue weighted by Gasteiger charge is -2.22. The molecule has 1 aliphatic rings. The number of anilines is 1. The molecule has 0 saturated carbocycles. The summed E-state index contributed by atoms with van der Waals surface area (Å²) in [5, 5.41) is 7.18. The summed E-state index contributed by atoms with van der Waals surface area (Å²) in [5.41, 5.74) is 0.248. The van der Waals surface area contributed by atoms with Crippen LogP contribution in [0.3, 0.4) is 0 Å². The van der Waals surface area contributed by atoms with E-state index >= 15 is 0 Å². The highest BCUT2D eigenvalue weighted by atomic mass is 32.1. The minimum atomic E-state index is -4.46. The van der Waals surface area contributed by atoms with Crippen molar-refractivity contribution in [2.24, 2.45) is 0 Å². The van der Waals surface area contributed by atoms with E-state index < -0.39 is 11.7 Å². The number of aromatic nitrogens is 4. The summed E-state index contributed by atoms with van der Waals surface area (Å²) in [6, 6.07) is 2.24. The lowest BCUT2D eigenvalue weighted by molar-refractivity contribution is -0.137. The standard InChI is InChI=1S/C21H23F3N6OS/c1-14(2)18-16(13-27-30(18)17-5-4-15(12-26-17)21(22,23)24)19(31)28-7-3-8-29(10-9-28)20-25-6-11-32-20/h4-6,11-14H,3,7-10H2,1-2H3. The van der Waals surface area contributed by atoms with E-state index in [4.69, 9.17) is 0 Å². The van der Waals surface area contributed by atoms with Crippen LogP contribution < -0.4 is 4.90 Å². The Morgan fingerprint density at radius 2 is 1.91 bits per heavy atom. The number of amides is 1. The fourth-order valence-electron chi connectivity index (χ4n) is 3.79. The summed E-state index contributed by atoms with van der Waals surface area (Å²) in [5.74, 6) is 0.0266. The molecule has 3 aromatic rings.